The molecule has 8 nitrogen and oxygen atoms in total. The lowest BCUT2D eigenvalue weighted by molar-refractivity contribution is -0.384. The van der Waals surface area contributed by atoms with Crippen LogP contribution < -0.4 is 5.32 Å². The SMILES string of the molecule is Cc1ccc([N+](=O)[O-])c(NCc2ccc(C(=O)O)nc2)n1. The van der Waals surface area contributed by atoms with Gasteiger partial charge in [0.05, 0.1) is 4.92 Å². The minimum Gasteiger partial charge on any atom is -0.477 e. The molecule has 0 radical (unpaired) electrons. The second kappa shape index (κ2) is 5.95. The molecule has 0 saturated carbocycles. The van der Waals surface area contributed by atoms with Crippen LogP contribution >= 0.6 is 0 Å². The molecule has 0 unspecified atom stereocenters. The van der Waals surface area contributed by atoms with Gasteiger partial charge < -0.3 is 10.4 Å². The van der Waals surface area contributed by atoms with Crippen LogP contribution in [-0.4, -0.2) is 26.0 Å². The molecule has 0 saturated heterocycles. The Morgan fingerprint density at radius 1 is 1.38 bits per heavy atom. The van der Waals surface area contributed by atoms with E-state index in [2.05, 4.69) is 15.3 Å². The summed E-state index contributed by atoms with van der Waals surface area (Å²) in [5.74, 6) is -0.937. The van der Waals surface area contributed by atoms with Crippen LogP contribution in [0.2, 0.25) is 0 Å². The van der Waals surface area contributed by atoms with Gasteiger partial charge >= 0.3 is 11.7 Å². The molecule has 0 aliphatic rings. The van der Waals surface area contributed by atoms with E-state index in [1.807, 2.05) is 0 Å². The van der Waals surface area contributed by atoms with Crippen molar-refractivity contribution in [1.29, 1.82) is 0 Å². The van der Waals surface area contributed by atoms with Crippen molar-refractivity contribution in [2.75, 3.05) is 5.32 Å². The smallest absolute Gasteiger partial charge is 0.354 e. The van der Waals surface area contributed by atoms with Crippen LogP contribution in [0.4, 0.5) is 11.5 Å². The van der Waals surface area contributed by atoms with Crippen LogP contribution in [0.1, 0.15) is 21.7 Å². The van der Waals surface area contributed by atoms with Crippen molar-refractivity contribution >= 4 is 17.5 Å². The molecule has 2 N–H and O–H groups in total. The highest BCUT2D eigenvalue weighted by Gasteiger charge is 2.15. The molecule has 0 atom stereocenters. The van der Waals surface area contributed by atoms with E-state index in [1.54, 1.807) is 19.1 Å². The average Bonchev–Trinajstić information content (AvgIpc) is 2.45. The van der Waals surface area contributed by atoms with E-state index in [9.17, 15) is 14.9 Å². The lowest BCUT2D eigenvalue weighted by atomic mass is 10.2. The van der Waals surface area contributed by atoms with Gasteiger partial charge in [-0.05, 0) is 24.6 Å². The molecule has 0 bridgehead atoms. The molecule has 0 spiro atoms. The maximum absolute atomic E-state index is 10.9. The van der Waals surface area contributed by atoms with E-state index in [4.69, 9.17) is 5.11 Å². The van der Waals surface area contributed by atoms with E-state index >= 15 is 0 Å². The molecule has 0 aromatic carbocycles. The summed E-state index contributed by atoms with van der Waals surface area (Å²) < 4.78 is 0. The predicted molar refractivity (Wildman–Crippen MR) is 74.2 cm³/mol. The van der Waals surface area contributed by atoms with Gasteiger partial charge in [0.1, 0.15) is 5.69 Å². The lowest BCUT2D eigenvalue weighted by Crippen LogP contribution is -2.07. The normalized spacial score (nSPS) is 10.1. The van der Waals surface area contributed by atoms with Crippen molar-refractivity contribution in [2.45, 2.75) is 13.5 Å². The standard InChI is InChI=1S/C13H12N4O4/c1-8-2-5-11(17(20)21)12(16-8)15-7-9-3-4-10(13(18)19)14-6-9/h2-6H,7H2,1H3,(H,15,16)(H,18,19). The Kier molecular flexibility index (Phi) is 4.07. The number of aromatic carboxylic acids is 1. The fraction of sp³-hybridized carbons (Fsp3) is 0.154. The van der Waals surface area contributed by atoms with E-state index < -0.39 is 10.9 Å². The van der Waals surface area contributed by atoms with E-state index in [0.717, 1.165) is 0 Å². The predicted octanol–water partition coefficient (Wildman–Crippen LogP) is 2.00. The van der Waals surface area contributed by atoms with E-state index in [1.165, 1.54) is 18.3 Å². The monoisotopic (exact) mass is 288 g/mol. The first-order valence-electron chi connectivity index (χ1n) is 6.01. The molecule has 8 heteroatoms. The number of carbonyl (C=O) groups is 1. The number of carboxylic acids is 1. The third-order valence-corrected chi connectivity index (χ3v) is 2.71. The molecule has 2 aromatic rings. The van der Waals surface area contributed by atoms with Gasteiger partial charge in [-0.25, -0.2) is 14.8 Å². The number of nitro groups is 1. The number of nitrogens with zero attached hydrogens (tertiary/aromatic N) is 3. The zero-order valence-corrected chi connectivity index (χ0v) is 11.1. The zero-order valence-electron chi connectivity index (χ0n) is 11.1. The zero-order chi connectivity index (χ0) is 15.4. The van der Waals surface area contributed by atoms with Crippen molar-refractivity contribution in [3.05, 3.63) is 57.5 Å². The van der Waals surface area contributed by atoms with Gasteiger partial charge in [-0.3, -0.25) is 10.1 Å². The Morgan fingerprint density at radius 2 is 2.14 bits per heavy atom. The van der Waals surface area contributed by atoms with Gasteiger partial charge in [-0.2, -0.15) is 0 Å². The maximum Gasteiger partial charge on any atom is 0.354 e. The maximum atomic E-state index is 10.9. The summed E-state index contributed by atoms with van der Waals surface area (Å²) in [6.45, 7) is 1.99. The van der Waals surface area contributed by atoms with Crippen LogP contribution in [0.5, 0.6) is 0 Å². The van der Waals surface area contributed by atoms with Crippen molar-refractivity contribution in [3.63, 3.8) is 0 Å². The number of anilines is 1. The number of hydrogen-bond donors (Lipinski definition) is 2. The van der Waals surface area contributed by atoms with Crippen LogP contribution in [0.3, 0.4) is 0 Å². The van der Waals surface area contributed by atoms with Crippen LogP contribution in [0.15, 0.2) is 30.5 Å². The van der Waals surface area contributed by atoms with Crippen molar-refractivity contribution in [1.82, 2.24) is 9.97 Å². The quantitative estimate of drug-likeness (QED) is 0.638. The minimum atomic E-state index is -1.11. The second-order valence-corrected chi connectivity index (χ2v) is 4.29. The summed E-state index contributed by atoms with van der Waals surface area (Å²) in [6, 6.07) is 5.91. The Labute approximate surface area is 119 Å². The Bertz CT molecular complexity index is 685. The second-order valence-electron chi connectivity index (χ2n) is 4.29. The number of rotatable bonds is 5. The van der Waals surface area contributed by atoms with Gasteiger partial charge in [0.2, 0.25) is 5.82 Å². The molecule has 2 heterocycles. The largest absolute Gasteiger partial charge is 0.477 e. The fourth-order valence-corrected chi connectivity index (χ4v) is 1.67. The van der Waals surface area contributed by atoms with Crippen molar-refractivity contribution in [2.24, 2.45) is 0 Å². The number of aryl methyl sites for hydroxylation is 1. The molecule has 0 aliphatic carbocycles. The first-order valence-corrected chi connectivity index (χ1v) is 6.01. The Balaban J connectivity index is 2.14. The van der Waals surface area contributed by atoms with Gasteiger partial charge in [-0.1, -0.05) is 6.07 Å². The average molecular weight is 288 g/mol. The van der Waals surface area contributed by atoms with Gasteiger partial charge in [0.15, 0.2) is 0 Å². The molecule has 0 amide bonds. The molecular formula is C13H12N4O4. The highest BCUT2D eigenvalue weighted by molar-refractivity contribution is 5.85. The number of pyridine rings is 2. The summed E-state index contributed by atoms with van der Waals surface area (Å²) in [5, 5.41) is 22.5. The molecule has 2 rings (SSSR count). The van der Waals surface area contributed by atoms with Crippen LogP contribution in [0, 0.1) is 17.0 Å². The van der Waals surface area contributed by atoms with Gasteiger partial charge in [-0.15, -0.1) is 0 Å². The number of aromatic nitrogens is 2. The molecule has 108 valence electrons. The summed E-state index contributed by atoms with van der Waals surface area (Å²) in [6.07, 6.45) is 1.40. The highest BCUT2D eigenvalue weighted by Crippen LogP contribution is 2.22. The first kappa shape index (κ1) is 14.4. The van der Waals surface area contributed by atoms with Crippen molar-refractivity contribution in [3.8, 4) is 0 Å². The summed E-state index contributed by atoms with van der Waals surface area (Å²) in [4.78, 5) is 28.9. The summed E-state index contributed by atoms with van der Waals surface area (Å²) >= 11 is 0. The summed E-state index contributed by atoms with van der Waals surface area (Å²) in [7, 11) is 0. The minimum absolute atomic E-state index is 0.0570. The lowest BCUT2D eigenvalue weighted by Gasteiger charge is -2.07. The molecule has 0 fully saturated rings. The highest BCUT2D eigenvalue weighted by atomic mass is 16.6. The van der Waals surface area contributed by atoms with E-state index in [-0.39, 0.29) is 23.7 Å². The third-order valence-electron chi connectivity index (χ3n) is 2.71. The number of hydrogen-bond acceptors (Lipinski definition) is 6. The Hall–Kier alpha value is -3.03. The van der Waals surface area contributed by atoms with Crippen LogP contribution in [0.25, 0.3) is 0 Å². The fourth-order valence-electron chi connectivity index (χ4n) is 1.67. The number of carboxylic acid groups (broad SMARTS) is 1. The molecule has 0 aliphatic heterocycles. The number of nitrogens with one attached hydrogen (secondary N) is 1. The topological polar surface area (TPSA) is 118 Å². The van der Waals surface area contributed by atoms with Gasteiger partial charge in [0, 0.05) is 24.5 Å². The van der Waals surface area contributed by atoms with Crippen molar-refractivity contribution < 1.29 is 14.8 Å². The molecule has 2 aromatic heterocycles. The third kappa shape index (κ3) is 3.50. The van der Waals surface area contributed by atoms with Gasteiger partial charge in [0.25, 0.3) is 0 Å². The van der Waals surface area contributed by atoms with Crippen LogP contribution in [-0.2, 0) is 6.54 Å². The Morgan fingerprint density at radius 3 is 2.71 bits per heavy atom. The summed E-state index contributed by atoms with van der Waals surface area (Å²) in [5.41, 5.74) is 1.18. The van der Waals surface area contributed by atoms with E-state index in [0.29, 0.717) is 11.3 Å². The molecule has 21 heavy (non-hydrogen) atoms. The first-order chi connectivity index (χ1) is 9.97. The molecular weight excluding hydrogens is 276 g/mol.